The van der Waals surface area contributed by atoms with Gasteiger partial charge in [0.05, 0.1) is 12.1 Å². The molecule has 0 spiro atoms. The van der Waals surface area contributed by atoms with Crippen molar-refractivity contribution in [3.8, 4) is 0 Å². The van der Waals surface area contributed by atoms with E-state index in [2.05, 4.69) is 39.2 Å². The minimum atomic E-state index is 0.348. The number of fused-ring (bicyclic) bond motifs is 1. The maximum Gasteiger partial charge on any atom is 0.0741 e. The summed E-state index contributed by atoms with van der Waals surface area (Å²) in [6, 6.07) is 0.732. The fraction of sp³-hybridized carbons (Fsp3) is 0.375. The van der Waals surface area contributed by atoms with E-state index in [1.807, 2.05) is 12.4 Å². The predicted molar refractivity (Wildman–Crippen MR) is 50.0 cm³/mol. The van der Waals surface area contributed by atoms with Gasteiger partial charge >= 0.3 is 0 Å². The van der Waals surface area contributed by atoms with E-state index in [4.69, 9.17) is 0 Å². The van der Waals surface area contributed by atoms with Gasteiger partial charge in [0, 0.05) is 10.7 Å². The number of halogens is 1. The highest BCUT2D eigenvalue weighted by Gasteiger charge is 2.26. The van der Waals surface area contributed by atoms with Crippen LogP contribution in [0.15, 0.2) is 27.3 Å². The SMILES string of the molecule is CC1N=CC(Br)=C2C=CNC21. The van der Waals surface area contributed by atoms with Gasteiger partial charge in [-0.25, -0.2) is 0 Å². The first-order valence-corrected chi connectivity index (χ1v) is 4.44. The van der Waals surface area contributed by atoms with Crippen molar-refractivity contribution >= 4 is 22.1 Å². The first-order chi connectivity index (χ1) is 5.29. The van der Waals surface area contributed by atoms with Crippen LogP contribution in [0.25, 0.3) is 0 Å². The van der Waals surface area contributed by atoms with Gasteiger partial charge in [-0.1, -0.05) is 0 Å². The van der Waals surface area contributed by atoms with Crippen LogP contribution in [0.1, 0.15) is 6.92 Å². The summed E-state index contributed by atoms with van der Waals surface area (Å²) in [5.41, 5.74) is 1.31. The van der Waals surface area contributed by atoms with Crippen LogP contribution in [0.2, 0.25) is 0 Å². The standard InChI is InChI=1S/C8H9BrN2/c1-5-8-6(2-3-10-8)7(9)4-11-5/h2-5,8,10H,1H3. The van der Waals surface area contributed by atoms with Crippen molar-refractivity contribution in [3.05, 3.63) is 22.3 Å². The summed E-state index contributed by atoms with van der Waals surface area (Å²) in [5, 5.41) is 3.26. The highest BCUT2D eigenvalue weighted by atomic mass is 79.9. The predicted octanol–water partition coefficient (Wildman–Crippen LogP) is 1.59. The maximum atomic E-state index is 4.32. The lowest BCUT2D eigenvalue weighted by Crippen LogP contribution is -2.34. The highest BCUT2D eigenvalue weighted by Crippen LogP contribution is 2.25. The van der Waals surface area contributed by atoms with Gasteiger partial charge in [-0.2, -0.15) is 0 Å². The molecule has 0 radical (unpaired) electrons. The van der Waals surface area contributed by atoms with Crippen LogP contribution in [-0.4, -0.2) is 18.3 Å². The molecule has 0 saturated heterocycles. The van der Waals surface area contributed by atoms with E-state index in [-0.39, 0.29) is 0 Å². The number of hydrogen-bond acceptors (Lipinski definition) is 2. The Bertz CT molecular complexity index is 265. The van der Waals surface area contributed by atoms with Gasteiger partial charge < -0.3 is 5.32 Å². The minimum Gasteiger partial charge on any atom is -0.382 e. The molecule has 2 heterocycles. The number of aliphatic imine (C=N–C) groups is 1. The molecule has 0 fully saturated rings. The summed E-state index contributed by atoms with van der Waals surface area (Å²) < 4.78 is 1.10. The van der Waals surface area contributed by atoms with Crippen LogP contribution in [0.4, 0.5) is 0 Å². The number of allylic oxidation sites excluding steroid dienone is 1. The van der Waals surface area contributed by atoms with Crippen LogP contribution >= 0.6 is 15.9 Å². The lowest BCUT2D eigenvalue weighted by Gasteiger charge is -2.22. The molecule has 11 heavy (non-hydrogen) atoms. The molecule has 2 aliphatic heterocycles. The summed E-state index contributed by atoms with van der Waals surface area (Å²) >= 11 is 3.46. The second-order valence-corrected chi connectivity index (χ2v) is 3.65. The second-order valence-electron chi connectivity index (χ2n) is 2.80. The van der Waals surface area contributed by atoms with Crippen LogP contribution in [0.3, 0.4) is 0 Å². The molecule has 58 valence electrons. The number of nitrogens with one attached hydrogen (secondary N) is 1. The zero-order valence-electron chi connectivity index (χ0n) is 6.21. The van der Waals surface area contributed by atoms with E-state index < -0.39 is 0 Å². The van der Waals surface area contributed by atoms with Gasteiger partial charge in [0.1, 0.15) is 0 Å². The molecule has 0 aromatic heterocycles. The zero-order chi connectivity index (χ0) is 7.84. The molecule has 3 heteroatoms. The van der Waals surface area contributed by atoms with E-state index in [0.717, 1.165) is 4.48 Å². The molecular formula is C8H9BrN2. The average molecular weight is 213 g/mol. The van der Waals surface area contributed by atoms with E-state index in [1.165, 1.54) is 5.57 Å². The van der Waals surface area contributed by atoms with Gasteiger partial charge in [0.25, 0.3) is 0 Å². The summed E-state index contributed by atoms with van der Waals surface area (Å²) in [6.45, 7) is 2.11. The highest BCUT2D eigenvalue weighted by molar-refractivity contribution is 9.12. The number of hydrogen-bond donors (Lipinski definition) is 1. The Morgan fingerprint density at radius 2 is 2.45 bits per heavy atom. The monoisotopic (exact) mass is 212 g/mol. The third kappa shape index (κ3) is 1.03. The zero-order valence-corrected chi connectivity index (χ0v) is 7.80. The molecule has 0 aromatic rings. The lowest BCUT2D eigenvalue weighted by molar-refractivity contribution is 0.582. The molecule has 0 amide bonds. The summed E-state index contributed by atoms with van der Waals surface area (Å²) in [4.78, 5) is 4.32. The molecule has 2 unspecified atom stereocenters. The topological polar surface area (TPSA) is 24.4 Å². The molecule has 1 N–H and O–H groups in total. The Balaban J connectivity index is 2.40. The van der Waals surface area contributed by atoms with E-state index in [1.54, 1.807) is 0 Å². The third-order valence-electron chi connectivity index (χ3n) is 2.05. The third-order valence-corrected chi connectivity index (χ3v) is 2.72. The summed E-state index contributed by atoms with van der Waals surface area (Å²) in [6.07, 6.45) is 5.96. The van der Waals surface area contributed by atoms with Crippen LogP contribution < -0.4 is 5.32 Å². The van der Waals surface area contributed by atoms with Crippen molar-refractivity contribution < 1.29 is 0 Å². The molecule has 2 aliphatic rings. The fourth-order valence-corrected chi connectivity index (χ4v) is 1.90. The Kier molecular flexibility index (Phi) is 1.60. The van der Waals surface area contributed by atoms with E-state index >= 15 is 0 Å². The van der Waals surface area contributed by atoms with Gasteiger partial charge in [-0.3, -0.25) is 4.99 Å². The van der Waals surface area contributed by atoms with Crippen molar-refractivity contribution in [2.75, 3.05) is 0 Å². The normalized spacial score (nSPS) is 34.0. The summed E-state index contributed by atoms with van der Waals surface area (Å²) in [7, 11) is 0. The van der Waals surface area contributed by atoms with Crippen molar-refractivity contribution in [2.24, 2.45) is 4.99 Å². The largest absolute Gasteiger partial charge is 0.382 e. The van der Waals surface area contributed by atoms with E-state index in [9.17, 15) is 0 Å². The average Bonchev–Trinajstić information content (AvgIpc) is 2.45. The lowest BCUT2D eigenvalue weighted by atomic mass is 10.0. The van der Waals surface area contributed by atoms with Crippen LogP contribution in [-0.2, 0) is 0 Å². The van der Waals surface area contributed by atoms with Crippen molar-refractivity contribution in [3.63, 3.8) is 0 Å². The van der Waals surface area contributed by atoms with Gasteiger partial charge in [0.2, 0.25) is 0 Å². The molecule has 0 aromatic carbocycles. The van der Waals surface area contributed by atoms with Crippen molar-refractivity contribution in [1.82, 2.24) is 5.32 Å². The Hall–Kier alpha value is -0.570. The molecule has 0 aliphatic carbocycles. The van der Waals surface area contributed by atoms with Crippen LogP contribution in [0, 0.1) is 0 Å². The molecule has 0 saturated carbocycles. The maximum absolute atomic E-state index is 4.32. The van der Waals surface area contributed by atoms with Gasteiger partial charge in [-0.05, 0) is 40.7 Å². The molecule has 2 atom stereocenters. The minimum absolute atomic E-state index is 0.348. The van der Waals surface area contributed by atoms with Crippen LogP contribution in [0.5, 0.6) is 0 Å². The molecule has 2 nitrogen and oxygen atoms in total. The second kappa shape index (κ2) is 2.48. The fourth-order valence-electron chi connectivity index (χ4n) is 1.41. The number of rotatable bonds is 0. The van der Waals surface area contributed by atoms with Gasteiger partial charge in [-0.15, -0.1) is 0 Å². The van der Waals surface area contributed by atoms with Crippen molar-refractivity contribution in [2.45, 2.75) is 19.0 Å². The van der Waals surface area contributed by atoms with E-state index in [0.29, 0.717) is 12.1 Å². The Labute approximate surface area is 74.2 Å². The molecule has 2 rings (SSSR count). The first-order valence-electron chi connectivity index (χ1n) is 3.64. The first kappa shape index (κ1) is 7.10. The quantitative estimate of drug-likeness (QED) is 0.649. The molecule has 0 bridgehead atoms. The smallest absolute Gasteiger partial charge is 0.0741 e. The molecular weight excluding hydrogens is 204 g/mol. The van der Waals surface area contributed by atoms with Gasteiger partial charge in [0.15, 0.2) is 0 Å². The number of dihydropyridines is 1. The van der Waals surface area contributed by atoms with Crippen molar-refractivity contribution in [1.29, 1.82) is 0 Å². The number of nitrogens with zero attached hydrogens (tertiary/aromatic N) is 1. The Morgan fingerprint density at radius 3 is 3.18 bits per heavy atom. The summed E-state index contributed by atoms with van der Waals surface area (Å²) in [5.74, 6) is 0. The Morgan fingerprint density at radius 1 is 1.64 bits per heavy atom.